The lowest BCUT2D eigenvalue weighted by molar-refractivity contribution is -0.690. The first-order valence-electron chi connectivity index (χ1n) is 27.9. The zero-order valence-electron chi connectivity index (χ0n) is 44.6. The molecule has 4 aliphatic heterocycles. The maximum Gasteiger partial charge on any atom is 0.430 e. The van der Waals surface area contributed by atoms with Crippen LogP contribution in [-0.2, 0) is 56.5 Å². The maximum absolute atomic E-state index is 13.0. The van der Waals surface area contributed by atoms with Gasteiger partial charge in [0.05, 0.1) is 42.2 Å². The topological polar surface area (TPSA) is 195 Å². The molecule has 13 nitrogen and oxygen atoms in total. The van der Waals surface area contributed by atoms with Crippen molar-refractivity contribution < 1.29 is 72.1 Å². The zero-order chi connectivity index (χ0) is 52.6. The molecule has 1 aromatic rings. The van der Waals surface area contributed by atoms with Crippen LogP contribution in [0.5, 0.6) is 0 Å². The van der Waals surface area contributed by atoms with Crippen LogP contribution in [0.3, 0.4) is 0 Å². The van der Waals surface area contributed by atoms with E-state index >= 15 is 0 Å². The van der Waals surface area contributed by atoms with Crippen molar-refractivity contribution >= 4 is 5.97 Å². The van der Waals surface area contributed by atoms with Crippen molar-refractivity contribution in [2.75, 3.05) is 6.61 Å². The molecule has 4 saturated heterocycles. The number of ether oxygens (including phenoxy) is 4. The normalized spacial score (nSPS) is 54.5. The molecule has 5 saturated carbocycles. The second kappa shape index (κ2) is 15.7. The van der Waals surface area contributed by atoms with Gasteiger partial charge in [-0.1, -0.05) is 53.2 Å². The fourth-order valence-electron chi connectivity index (χ4n) is 20.3. The van der Waals surface area contributed by atoms with Crippen LogP contribution in [0.15, 0.2) is 11.6 Å². The highest BCUT2D eigenvalue weighted by molar-refractivity contribution is 5.70. The minimum atomic E-state index is -5.19. The molecule has 0 unspecified atom stereocenters. The van der Waals surface area contributed by atoms with Gasteiger partial charge < -0.3 is 54.4 Å². The van der Waals surface area contributed by atoms with Crippen molar-refractivity contribution in [1.82, 2.24) is 4.98 Å². The molecule has 9 fully saturated rings. The van der Waals surface area contributed by atoms with Gasteiger partial charge in [0.1, 0.15) is 36.1 Å². The lowest BCUT2D eigenvalue weighted by Crippen LogP contribution is -2.66. The Bertz CT molecular complexity index is 2510. The van der Waals surface area contributed by atoms with Crippen molar-refractivity contribution in [3.63, 3.8) is 0 Å². The molecular weight excluding hydrogens is 946 g/mol. The first-order valence-corrected chi connectivity index (χ1v) is 27.9. The third kappa shape index (κ3) is 6.68. The number of aliphatic hydroxyl groups is 5. The summed E-state index contributed by atoms with van der Waals surface area (Å²) in [6.45, 7) is 20.1. The maximum atomic E-state index is 13.0. The van der Waals surface area contributed by atoms with Gasteiger partial charge in [-0.2, -0.15) is 17.7 Å². The number of nitrogens with zero attached hydrogens (tertiary/aromatic N) is 2. The monoisotopic (exact) mass is 1030 g/mol. The van der Waals surface area contributed by atoms with E-state index in [0.717, 1.165) is 56.9 Å². The second-order valence-electron chi connectivity index (χ2n) is 28.1. The predicted octanol–water partition coefficient (Wildman–Crippen LogP) is 5.13. The molecule has 23 atom stereocenters. The first-order chi connectivity index (χ1) is 33.8. The molecule has 12 aliphatic rings. The third-order valence-electron chi connectivity index (χ3n) is 24.5. The van der Waals surface area contributed by atoms with Crippen LogP contribution in [0, 0.1) is 80.8 Å². The fraction of sp³-hybridized carbons (Fsp3) is 0.877. The Morgan fingerprint density at radius 2 is 1.47 bits per heavy atom. The van der Waals surface area contributed by atoms with Crippen LogP contribution in [0.2, 0.25) is 0 Å². The molecule has 8 aliphatic carbocycles. The molecule has 0 amide bonds. The van der Waals surface area contributed by atoms with Gasteiger partial charge in [-0.05, 0) is 125 Å². The zero-order valence-corrected chi connectivity index (χ0v) is 44.6. The molecule has 73 heavy (non-hydrogen) atoms. The van der Waals surface area contributed by atoms with Crippen LogP contribution in [0.1, 0.15) is 149 Å². The second-order valence-corrected chi connectivity index (χ2v) is 28.1. The van der Waals surface area contributed by atoms with Crippen LogP contribution in [-0.4, -0.2) is 108 Å². The van der Waals surface area contributed by atoms with Gasteiger partial charge in [0.15, 0.2) is 11.6 Å². The summed E-state index contributed by atoms with van der Waals surface area (Å²) in [5, 5.41) is 69.9. The number of carboxylic acids is 1. The van der Waals surface area contributed by atoms with E-state index in [9.17, 15) is 38.7 Å². The third-order valence-corrected chi connectivity index (χ3v) is 24.5. The van der Waals surface area contributed by atoms with E-state index in [1.54, 1.807) is 6.92 Å². The molecule has 0 radical (unpaired) electrons. The van der Waals surface area contributed by atoms with E-state index in [2.05, 4.69) is 59.2 Å². The molecule has 5 heterocycles. The van der Waals surface area contributed by atoms with Gasteiger partial charge in [-0.15, -0.1) is 0 Å². The van der Waals surface area contributed by atoms with Crippen LogP contribution < -0.4 is 9.67 Å². The van der Waals surface area contributed by atoms with Crippen molar-refractivity contribution in [2.45, 2.75) is 217 Å². The van der Waals surface area contributed by atoms with Gasteiger partial charge in [-0.25, -0.2) is 4.98 Å². The largest absolute Gasteiger partial charge is 0.542 e. The Morgan fingerprint density at radius 3 is 2.11 bits per heavy atom. The molecule has 16 heteroatoms. The van der Waals surface area contributed by atoms with Gasteiger partial charge in [0.2, 0.25) is 11.4 Å². The number of hydrogen-bond acceptors (Lipinski definition) is 12. The Morgan fingerprint density at radius 1 is 0.795 bits per heavy atom. The SMILES string of the molecule is C[C@@H]1[C@@]2(CC[C@](C)(O)CO2)O[C@H]2C=C3[C@@H]4[C@@H](O)C[C@H]5Cc6nc7c([n+](C)c6C[C@]5(C)[C@H]4C[C@@H](O)[C@]3(C)[C@]21O)C[C@@H]1CC[C@H]2[C@H]3C[C@@H]4O[C@@]5(CCC(C)(C)O5)[C@@H](C)[C@@H]4[C@@]3(C)[C@H](O)C[C@@H]2[C@@]1(C)C7.O=C([O-])C(F)(F)F. The number of carboxylic acid groups (broad SMARTS) is 1. The molecule has 13 rings (SSSR count). The van der Waals surface area contributed by atoms with Crippen LogP contribution in [0.25, 0.3) is 0 Å². The number of hydrogen-bond donors (Lipinski definition) is 5. The number of aliphatic carboxylic acids is 1. The summed E-state index contributed by atoms with van der Waals surface area (Å²) in [6.07, 6.45) is 6.54. The summed E-state index contributed by atoms with van der Waals surface area (Å²) >= 11 is 0. The highest BCUT2D eigenvalue weighted by atomic mass is 19.4. The Labute approximate surface area is 428 Å². The molecular formula is C57H81F3N2O11. The van der Waals surface area contributed by atoms with Gasteiger partial charge >= 0.3 is 6.18 Å². The number of rotatable bonds is 0. The predicted molar refractivity (Wildman–Crippen MR) is 254 cm³/mol. The van der Waals surface area contributed by atoms with Gasteiger partial charge in [0, 0.05) is 66.6 Å². The highest BCUT2D eigenvalue weighted by Gasteiger charge is 2.78. The summed E-state index contributed by atoms with van der Waals surface area (Å²) in [5.74, 6) is -2.44. The average molecular weight is 1030 g/mol. The Balaban J connectivity index is 0.000000726. The van der Waals surface area contributed by atoms with Crippen molar-refractivity contribution in [3.8, 4) is 0 Å². The Hall–Kier alpha value is -2.28. The lowest BCUT2D eigenvalue weighted by Gasteiger charge is -2.62. The first kappa shape index (κ1) is 51.5. The summed E-state index contributed by atoms with van der Waals surface area (Å²) in [7, 11) is 2.28. The smallest absolute Gasteiger partial charge is 0.430 e. The number of carbonyl (C=O) groups excluding carboxylic acids is 1. The summed E-state index contributed by atoms with van der Waals surface area (Å²) < 4.78 is 60.9. The minimum absolute atomic E-state index is 0.0195. The van der Waals surface area contributed by atoms with Crippen molar-refractivity contribution in [2.24, 2.45) is 87.9 Å². The fourth-order valence-corrected chi connectivity index (χ4v) is 20.3. The van der Waals surface area contributed by atoms with Gasteiger partial charge in [0.25, 0.3) is 0 Å². The van der Waals surface area contributed by atoms with E-state index in [1.165, 1.54) is 35.6 Å². The average Bonchev–Trinajstić information content (AvgIpc) is 4.00. The number of aliphatic hydroxyl groups excluding tert-OH is 3. The standard InChI is InChI=1S/C55H81N2O9.C2HF3O2/c1-27-46-41(64-53(27)15-13-47(3,4)66-53)20-33-31-12-11-29-18-38-37(24-49(29,6)32(31)21-42(59)51(33,46)8)56-36-17-30-19-40(58)45-34(50(30,7)25-39(36)57(38)10)22-43(60)52(9)35(45)23-44-55(52,62)28(2)54(65-44)16-14-48(5,61)26-63-54;3-2(4,5)1(6)7/h23,27-34,40-46,58-62H,11-22,24-26H2,1-10H3;(H,6,7)/q+1;/p-1/t27-,28+,29-,30+,31+,32-,33+,34-,40-,41-,42+,43+,44-,45+,46-,48-,49-,50-,51+,52+,53+,54+,55+;/m0./s1. The van der Waals surface area contributed by atoms with Crippen molar-refractivity contribution in [1.29, 1.82) is 0 Å². The Kier molecular flexibility index (Phi) is 11.1. The summed E-state index contributed by atoms with van der Waals surface area (Å²) in [4.78, 5) is 14.5. The number of fused-ring (bicyclic) bond motifs is 16. The lowest BCUT2D eigenvalue weighted by atomic mass is 9.43. The van der Waals surface area contributed by atoms with Gasteiger partial charge in [-0.3, -0.25) is 0 Å². The quantitative estimate of drug-likeness (QED) is 0.170. The minimum Gasteiger partial charge on any atom is -0.542 e. The van der Waals surface area contributed by atoms with Crippen molar-refractivity contribution in [3.05, 3.63) is 34.4 Å². The number of aromatic nitrogens is 2. The molecule has 2 spiro atoms. The van der Waals surface area contributed by atoms with Crippen LogP contribution in [0.4, 0.5) is 13.2 Å². The number of alkyl halides is 3. The van der Waals surface area contributed by atoms with E-state index in [4.69, 9.17) is 33.8 Å². The molecule has 0 bridgehead atoms. The molecule has 406 valence electrons. The van der Waals surface area contributed by atoms with E-state index in [0.29, 0.717) is 55.3 Å². The number of carbonyl (C=O) groups is 1. The van der Waals surface area contributed by atoms with Crippen LogP contribution >= 0.6 is 0 Å². The van der Waals surface area contributed by atoms with E-state index in [1.807, 2.05) is 13.8 Å². The van der Waals surface area contributed by atoms with E-state index < -0.39 is 64.6 Å². The molecule has 0 aromatic carbocycles. The number of halogens is 3. The highest BCUT2D eigenvalue weighted by Crippen LogP contribution is 2.73. The summed E-state index contributed by atoms with van der Waals surface area (Å²) in [6, 6.07) is 0. The van der Waals surface area contributed by atoms with E-state index in [-0.39, 0.29) is 64.3 Å². The molecule has 1 aromatic heterocycles. The summed E-state index contributed by atoms with van der Waals surface area (Å²) in [5.41, 5.74) is 2.21. The molecule has 5 N–H and O–H groups in total.